The summed E-state index contributed by atoms with van der Waals surface area (Å²) in [5.41, 5.74) is 5.22. The maximum absolute atomic E-state index is 13.6. The summed E-state index contributed by atoms with van der Waals surface area (Å²) in [7, 11) is 1.77. The van der Waals surface area contributed by atoms with E-state index in [1.54, 1.807) is 35.4 Å². The standard InChI is InChI=1S/C29H27FN6O3S/c1-29(7-8-31-28(29)38)17-9-21(16-3-5-18(30)6-4-16)33-25(10-17)39-26-19-12-36(13-20(19)26)27(37)24-11-22(34-35(24)2)23-14-40-15-32-23/h3-6,9-11,14-15,19-20,26H,7-8,12-13H2,1-2H3,(H,31,38)/t19-,20+,26?,29?. The lowest BCUT2D eigenvalue weighted by Crippen LogP contribution is -2.34. The van der Waals surface area contributed by atoms with Crippen LogP contribution in [0.3, 0.4) is 0 Å². The largest absolute Gasteiger partial charge is 0.474 e. The number of ether oxygens (including phenoxy) is 1. The first-order valence-corrected chi connectivity index (χ1v) is 14.2. The lowest BCUT2D eigenvalue weighted by Gasteiger charge is -2.23. The molecule has 4 atom stereocenters. The molecule has 0 radical (unpaired) electrons. The third kappa shape index (κ3) is 4.16. The molecule has 5 heterocycles. The van der Waals surface area contributed by atoms with Gasteiger partial charge in [0.25, 0.3) is 5.91 Å². The quantitative estimate of drug-likeness (QED) is 0.388. The molecule has 3 aromatic heterocycles. The first-order valence-electron chi connectivity index (χ1n) is 13.3. The Balaban J connectivity index is 1.09. The second kappa shape index (κ2) is 9.22. The number of nitrogens with one attached hydrogen (secondary N) is 1. The average Bonchev–Trinajstić information content (AvgIpc) is 3.55. The van der Waals surface area contributed by atoms with Crippen molar-refractivity contribution in [3.05, 3.63) is 70.4 Å². The molecule has 1 aliphatic carbocycles. The van der Waals surface area contributed by atoms with Gasteiger partial charge < -0.3 is 15.0 Å². The van der Waals surface area contributed by atoms with E-state index in [0.29, 0.717) is 49.0 Å². The Morgan fingerprint density at radius 1 is 1.12 bits per heavy atom. The van der Waals surface area contributed by atoms with Gasteiger partial charge in [0.15, 0.2) is 0 Å². The van der Waals surface area contributed by atoms with Crippen LogP contribution in [0.1, 0.15) is 29.4 Å². The number of fused-ring (bicyclic) bond motifs is 1. The van der Waals surface area contributed by atoms with Crippen molar-refractivity contribution in [2.75, 3.05) is 19.6 Å². The minimum Gasteiger partial charge on any atom is -0.474 e. The molecule has 204 valence electrons. The zero-order valence-electron chi connectivity index (χ0n) is 22.0. The molecule has 2 aliphatic heterocycles. The van der Waals surface area contributed by atoms with Gasteiger partial charge in [-0.15, -0.1) is 11.3 Å². The van der Waals surface area contributed by atoms with Crippen molar-refractivity contribution >= 4 is 23.2 Å². The van der Waals surface area contributed by atoms with Gasteiger partial charge in [0.2, 0.25) is 11.8 Å². The van der Waals surface area contributed by atoms with Crippen LogP contribution in [-0.2, 0) is 17.3 Å². The Morgan fingerprint density at radius 3 is 2.58 bits per heavy atom. The molecule has 2 saturated heterocycles. The van der Waals surface area contributed by atoms with Crippen LogP contribution in [0.4, 0.5) is 4.39 Å². The molecule has 9 nitrogen and oxygen atoms in total. The number of benzene rings is 1. The Hall–Kier alpha value is -4.12. The van der Waals surface area contributed by atoms with Gasteiger partial charge in [-0.05, 0) is 55.3 Å². The predicted octanol–water partition coefficient (Wildman–Crippen LogP) is 3.67. The number of nitrogens with zero attached hydrogens (tertiary/aromatic N) is 5. The molecule has 7 rings (SSSR count). The fourth-order valence-corrected chi connectivity index (χ4v) is 6.45. The van der Waals surface area contributed by atoms with E-state index in [1.165, 1.54) is 23.5 Å². The number of carbonyl (C=O) groups excluding carboxylic acids is 2. The fourth-order valence-electron chi connectivity index (χ4n) is 5.91. The summed E-state index contributed by atoms with van der Waals surface area (Å²) in [6.45, 7) is 3.72. The molecule has 4 aromatic rings. The molecule has 3 aliphatic rings. The molecule has 1 saturated carbocycles. The number of piperidine rings is 1. The molecule has 40 heavy (non-hydrogen) atoms. The van der Waals surface area contributed by atoms with E-state index in [0.717, 1.165) is 16.8 Å². The minimum atomic E-state index is -0.695. The average molecular weight is 559 g/mol. The summed E-state index contributed by atoms with van der Waals surface area (Å²) >= 11 is 1.49. The smallest absolute Gasteiger partial charge is 0.272 e. The molecular weight excluding hydrogens is 531 g/mol. The van der Waals surface area contributed by atoms with Crippen LogP contribution >= 0.6 is 11.3 Å². The van der Waals surface area contributed by atoms with Gasteiger partial charge in [0.05, 0.1) is 16.6 Å². The van der Waals surface area contributed by atoms with Crippen molar-refractivity contribution in [3.63, 3.8) is 0 Å². The van der Waals surface area contributed by atoms with Crippen LogP contribution in [-0.4, -0.2) is 62.2 Å². The van der Waals surface area contributed by atoms with Crippen LogP contribution in [0.15, 0.2) is 53.4 Å². The second-order valence-electron chi connectivity index (χ2n) is 11.0. The highest BCUT2D eigenvalue weighted by molar-refractivity contribution is 7.07. The van der Waals surface area contributed by atoms with E-state index in [-0.39, 0.29) is 35.6 Å². The van der Waals surface area contributed by atoms with Gasteiger partial charge in [-0.25, -0.2) is 14.4 Å². The van der Waals surface area contributed by atoms with Crippen LogP contribution in [0.5, 0.6) is 5.88 Å². The molecular formula is C29H27FN6O3S. The molecule has 11 heteroatoms. The number of thiazole rings is 1. The molecule has 2 unspecified atom stereocenters. The van der Waals surface area contributed by atoms with E-state index >= 15 is 0 Å². The highest BCUT2D eigenvalue weighted by Crippen LogP contribution is 2.48. The van der Waals surface area contributed by atoms with E-state index in [2.05, 4.69) is 15.4 Å². The SMILES string of the molecule is Cn1nc(-c2cscn2)cc1C(=O)N1C[C@@H]2C(Oc3cc(C4(C)CCNC4=O)cc(-c4ccc(F)cc4)n3)[C@@H]2C1. The lowest BCUT2D eigenvalue weighted by molar-refractivity contribution is -0.123. The zero-order chi connectivity index (χ0) is 27.6. The van der Waals surface area contributed by atoms with Crippen molar-refractivity contribution < 1.29 is 18.7 Å². The van der Waals surface area contributed by atoms with Crippen LogP contribution in [0, 0.1) is 17.7 Å². The van der Waals surface area contributed by atoms with E-state index in [4.69, 9.17) is 9.72 Å². The number of likely N-dealkylation sites (tertiary alicyclic amines) is 1. The van der Waals surface area contributed by atoms with E-state index in [9.17, 15) is 14.0 Å². The molecule has 3 fully saturated rings. The number of aromatic nitrogens is 4. The summed E-state index contributed by atoms with van der Waals surface area (Å²) in [4.78, 5) is 36.9. The highest BCUT2D eigenvalue weighted by Gasteiger charge is 2.59. The van der Waals surface area contributed by atoms with Crippen molar-refractivity contribution in [1.82, 2.24) is 30.0 Å². The van der Waals surface area contributed by atoms with Crippen LogP contribution in [0.2, 0.25) is 0 Å². The summed E-state index contributed by atoms with van der Waals surface area (Å²) < 4.78 is 21.6. The number of hydrogen-bond acceptors (Lipinski definition) is 7. The Morgan fingerprint density at radius 2 is 1.90 bits per heavy atom. The number of rotatable bonds is 6. The zero-order valence-corrected chi connectivity index (χ0v) is 22.8. The van der Waals surface area contributed by atoms with Gasteiger partial charge in [-0.3, -0.25) is 14.3 Å². The highest BCUT2D eigenvalue weighted by atomic mass is 32.1. The van der Waals surface area contributed by atoms with Gasteiger partial charge in [0, 0.05) is 55.5 Å². The number of hydrogen-bond donors (Lipinski definition) is 1. The van der Waals surface area contributed by atoms with Crippen molar-refractivity contribution in [2.24, 2.45) is 18.9 Å². The Bertz CT molecular complexity index is 1610. The topological polar surface area (TPSA) is 102 Å². The molecule has 0 spiro atoms. The molecule has 0 bridgehead atoms. The van der Waals surface area contributed by atoms with E-state index < -0.39 is 5.41 Å². The lowest BCUT2D eigenvalue weighted by atomic mass is 9.81. The maximum Gasteiger partial charge on any atom is 0.272 e. The van der Waals surface area contributed by atoms with E-state index in [1.807, 2.05) is 29.3 Å². The first kappa shape index (κ1) is 24.9. The van der Waals surface area contributed by atoms with Gasteiger partial charge in [0.1, 0.15) is 29.0 Å². The predicted molar refractivity (Wildman–Crippen MR) is 146 cm³/mol. The Labute approximate surface area is 234 Å². The number of amides is 2. The number of pyridine rings is 1. The van der Waals surface area contributed by atoms with Gasteiger partial charge >= 0.3 is 0 Å². The van der Waals surface area contributed by atoms with Gasteiger partial charge in [-0.2, -0.15) is 5.10 Å². The fraction of sp³-hybridized carbons (Fsp3) is 0.345. The summed E-state index contributed by atoms with van der Waals surface area (Å²) in [5.74, 6) is 0.450. The Kier molecular flexibility index (Phi) is 5.74. The summed E-state index contributed by atoms with van der Waals surface area (Å²) in [5, 5.41) is 9.30. The molecule has 2 amide bonds. The normalized spacial score (nSPS) is 25.1. The third-order valence-corrected chi connectivity index (χ3v) is 9.03. The number of halogens is 1. The van der Waals surface area contributed by atoms with Crippen LogP contribution < -0.4 is 10.1 Å². The number of carbonyl (C=O) groups is 2. The van der Waals surface area contributed by atoms with Crippen molar-refractivity contribution in [3.8, 4) is 28.5 Å². The van der Waals surface area contributed by atoms with Crippen molar-refractivity contribution in [2.45, 2.75) is 24.9 Å². The first-order chi connectivity index (χ1) is 19.3. The molecule has 1 N–H and O–H groups in total. The number of aryl methyl sites for hydroxylation is 1. The minimum absolute atomic E-state index is 0.0275. The van der Waals surface area contributed by atoms with Gasteiger partial charge in [-0.1, -0.05) is 0 Å². The molecule has 1 aromatic carbocycles. The monoisotopic (exact) mass is 558 g/mol. The third-order valence-electron chi connectivity index (χ3n) is 8.44. The maximum atomic E-state index is 13.6. The summed E-state index contributed by atoms with van der Waals surface area (Å²) in [6, 6.07) is 11.7. The van der Waals surface area contributed by atoms with Crippen molar-refractivity contribution in [1.29, 1.82) is 0 Å². The summed E-state index contributed by atoms with van der Waals surface area (Å²) in [6.07, 6.45) is 0.609. The second-order valence-corrected chi connectivity index (χ2v) is 11.7. The van der Waals surface area contributed by atoms with Crippen LogP contribution in [0.25, 0.3) is 22.6 Å².